The lowest BCUT2D eigenvalue weighted by atomic mass is 10.2. The normalized spacial score (nSPS) is 10.2. The first-order chi connectivity index (χ1) is 12.9. The van der Waals surface area contributed by atoms with Crippen molar-refractivity contribution >= 4 is 46.3 Å². The van der Waals surface area contributed by atoms with Gasteiger partial charge in [-0.1, -0.05) is 11.6 Å². The number of Topliss-reactive ketones (excluding diaryl/α,β-unsaturated/α-hetero) is 1. The number of ketones is 1. The summed E-state index contributed by atoms with van der Waals surface area (Å²) in [4.78, 5) is 36.1. The minimum absolute atomic E-state index is 0.0129. The molecule has 0 aliphatic heterocycles. The second-order valence-corrected chi connectivity index (χ2v) is 7.02. The molecular weight excluding hydrogens is 394 g/mol. The van der Waals surface area contributed by atoms with Gasteiger partial charge in [0.05, 0.1) is 35.5 Å². The zero-order valence-corrected chi connectivity index (χ0v) is 16.3. The number of carbonyl (C=O) groups is 3. The monoisotopic (exact) mass is 411 g/mol. The average Bonchev–Trinajstić information content (AvgIpc) is 3.10. The summed E-state index contributed by atoms with van der Waals surface area (Å²) in [5, 5.41) is 2.58. The van der Waals surface area contributed by atoms with Gasteiger partial charge in [-0.25, -0.2) is 0 Å². The molecule has 1 aromatic heterocycles. The van der Waals surface area contributed by atoms with Crippen molar-refractivity contribution in [2.24, 2.45) is 0 Å². The van der Waals surface area contributed by atoms with E-state index in [4.69, 9.17) is 25.8 Å². The van der Waals surface area contributed by atoms with Gasteiger partial charge in [-0.2, -0.15) is 0 Å². The predicted molar refractivity (Wildman–Crippen MR) is 102 cm³/mol. The van der Waals surface area contributed by atoms with Crippen molar-refractivity contribution in [2.75, 3.05) is 26.1 Å². The minimum Gasteiger partial charge on any atom is -0.497 e. The number of carbonyl (C=O) groups excluding carboxylic acids is 3. The molecule has 0 spiro atoms. The highest BCUT2D eigenvalue weighted by Crippen LogP contribution is 2.28. The number of benzene rings is 1. The maximum atomic E-state index is 12.0. The fourth-order valence-electron chi connectivity index (χ4n) is 2.12. The van der Waals surface area contributed by atoms with Gasteiger partial charge in [0.15, 0.2) is 12.4 Å². The lowest BCUT2D eigenvalue weighted by molar-refractivity contribution is -0.147. The second kappa shape index (κ2) is 9.94. The molecule has 1 N–H and O–H groups in total. The van der Waals surface area contributed by atoms with Gasteiger partial charge in [0, 0.05) is 12.5 Å². The van der Waals surface area contributed by atoms with Crippen LogP contribution in [0.3, 0.4) is 0 Å². The Bertz CT molecular complexity index is 835. The van der Waals surface area contributed by atoms with Crippen molar-refractivity contribution < 1.29 is 28.6 Å². The maximum absolute atomic E-state index is 12.0. The van der Waals surface area contributed by atoms with Crippen LogP contribution in [0.25, 0.3) is 0 Å². The molecular formula is C18H18ClNO6S. The summed E-state index contributed by atoms with van der Waals surface area (Å²) < 4.78 is 15.7. The Morgan fingerprint density at radius 2 is 1.85 bits per heavy atom. The van der Waals surface area contributed by atoms with Gasteiger partial charge >= 0.3 is 5.97 Å². The number of hydrogen-bond donors (Lipinski definition) is 1. The Morgan fingerprint density at radius 1 is 1.07 bits per heavy atom. The molecule has 0 atom stereocenters. The molecule has 2 rings (SSSR count). The quantitative estimate of drug-likeness (QED) is 0.501. The summed E-state index contributed by atoms with van der Waals surface area (Å²) in [6, 6.07) is 8.14. The number of ether oxygens (including phenoxy) is 3. The Balaban J connectivity index is 1.79. The van der Waals surface area contributed by atoms with Crippen LogP contribution in [0.1, 0.15) is 22.5 Å². The third-order valence-corrected chi connectivity index (χ3v) is 4.72. The zero-order valence-electron chi connectivity index (χ0n) is 14.7. The second-order valence-electron chi connectivity index (χ2n) is 5.30. The van der Waals surface area contributed by atoms with E-state index in [2.05, 4.69) is 5.32 Å². The molecule has 9 heteroatoms. The Morgan fingerprint density at radius 3 is 2.48 bits per heavy atom. The number of nitrogens with one attached hydrogen (secondary N) is 1. The molecule has 0 unspecified atom stereocenters. The van der Waals surface area contributed by atoms with E-state index in [1.54, 1.807) is 30.3 Å². The van der Waals surface area contributed by atoms with E-state index in [1.807, 2.05) is 0 Å². The first-order valence-electron chi connectivity index (χ1n) is 7.89. The highest BCUT2D eigenvalue weighted by molar-refractivity contribution is 7.18. The lowest BCUT2D eigenvalue weighted by Crippen LogP contribution is -2.21. The van der Waals surface area contributed by atoms with E-state index in [-0.39, 0.29) is 18.6 Å². The van der Waals surface area contributed by atoms with Crippen molar-refractivity contribution in [1.82, 2.24) is 0 Å². The van der Waals surface area contributed by atoms with Crippen LogP contribution in [0.15, 0.2) is 30.3 Å². The van der Waals surface area contributed by atoms with Crippen molar-refractivity contribution in [3.05, 3.63) is 39.5 Å². The largest absolute Gasteiger partial charge is 0.497 e. The van der Waals surface area contributed by atoms with E-state index in [1.165, 1.54) is 14.2 Å². The molecule has 144 valence electrons. The molecule has 0 aliphatic carbocycles. The number of amides is 1. The van der Waals surface area contributed by atoms with Crippen LogP contribution < -0.4 is 14.8 Å². The average molecular weight is 412 g/mol. The van der Waals surface area contributed by atoms with Gasteiger partial charge in [-0.3, -0.25) is 14.4 Å². The number of halogens is 1. The SMILES string of the molecule is COc1ccc(OC)c(NC(=O)COC(=O)CCC(=O)c2ccc(Cl)s2)c1. The van der Waals surface area contributed by atoms with E-state index in [0.717, 1.165) is 11.3 Å². The van der Waals surface area contributed by atoms with E-state index >= 15 is 0 Å². The summed E-state index contributed by atoms with van der Waals surface area (Å²) in [5.41, 5.74) is 0.391. The molecule has 27 heavy (non-hydrogen) atoms. The van der Waals surface area contributed by atoms with Crippen molar-refractivity contribution in [3.63, 3.8) is 0 Å². The molecule has 1 amide bonds. The standard InChI is InChI=1S/C18H18ClNO6S/c1-24-11-3-5-14(25-2)12(9-11)20-17(22)10-26-18(23)8-4-13(21)15-6-7-16(19)27-15/h3,5-7,9H,4,8,10H2,1-2H3,(H,20,22). The van der Waals surface area contributed by atoms with Gasteiger partial charge < -0.3 is 19.5 Å². The molecule has 0 aliphatic rings. The van der Waals surface area contributed by atoms with E-state index in [0.29, 0.717) is 26.4 Å². The number of hydrogen-bond acceptors (Lipinski definition) is 7. The predicted octanol–water partition coefficient (Wildman–Crippen LogP) is 3.56. The summed E-state index contributed by atoms with van der Waals surface area (Å²) in [5.74, 6) is -0.398. The van der Waals surface area contributed by atoms with Gasteiger partial charge in [0.25, 0.3) is 5.91 Å². The van der Waals surface area contributed by atoms with Crippen LogP contribution in [-0.2, 0) is 14.3 Å². The Kier molecular flexibility index (Phi) is 7.63. The highest BCUT2D eigenvalue weighted by atomic mass is 35.5. The number of methoxy groups -OCH3 is 2. The number of rotatable bonds is 9. The molecule has 0 bridgehead atoms. The minimum atomic E-state index is -0.640. The summed E-state index contributed by atoms with van der Waals surface area (Å²) in [6.45, 7) is -0.474. The molecule has 2 aromatic rings. The van der Waals surface area contributed by atoms with Crippen LogP contribution >= 0.6 is 22.9 Å². The molecule has 1 aromatic carbocycles. The van der Waals surface area contributed by atoms with Crippen LogP contribution in [-0.4, -0.2) is 38.5 Å². The Labute approximate surface area is 165 Å². The van der Waals surface area contributed by atoms with E-state index in [9.17, 15) is 14.4 Å². The third-order valence-electron chi connectivity index (χ3n) is 3.45. The Hall–Kier alpha value is -2.58. The topological polar surface area (TPSA) is 90.9 Å². The highest BCUT2D eigenvalue weighted by Gasteiger charge is 2.14. The molecule has 0 saturated heterocycles. The van der Waals surface area contributed by atoms with Crippen LogP contribution in [0, 0.1) is 0 Å². The van der Waals surface area contributed by atoms with Gasteiger partial charge in [0.1, 0.15) is 11.5 Å². The summed E-state index contributed by atoms with van der Waals surface area (Å²) in [6.07, 6.45) is -0.134. The van der Waals surface area contributed by atoms with Crippen molar-refractivity contribution in [3.8, 4) is 11.5 Å². The van der Waals surface area contributed by atoms with Crippen molar-refractivity contribution in [2.45, 2.75) is 12.8 Å². The molecule has 0 fully saturated rings. The zero-order chi connectivity index (χ0) is 19.8. The van der Waals surface area contributed by atoms with E-state index < -0.39 is 18.5 Å². The van der Waals surface area contributed by atoms with Gasteiger partial charge in [0.2, 0.25) is 0 Å². The molecule has 0 saturated carbocycles. The first kappa shape index (κ1) is 20.7. The molecule has 0 radical (unpaired) electrons. The van der Waals surface area contributed by atoms with Crippen LogP contribution in [0.5, 0.6) is 11.5 Å². The smallest absolute Gasteiger partial charge is 0.306 e. The van der Waals surface area contributed by atoms with Crippen molar-refractivity contribution in [1.29, 1.82) is 0 Å². The fourth-order valence-corrected chi connectivity index (χ4v) is 3.13. The van der Waals surface area contributed by atoms with Gasteiger partial charge in [-0.05, 0) is 24.3 Å². The van der Waals surface area contributed by atoms with Crippen LogP contribution in [0.4, 0.5) is 5.69 Å². The first-order valence-corrected chi connectivity index (χ1v) is 9.08. The maximum Gasteiger partial charge on any atom is 0.306 e. The molecule has 1 heterocycles. The van der Waals surface area contributed by atoms with Crippen LogP contribution in [0.2, 0.25) is 4.34 Å². The summed E-state index contributed by atoms with van der Waals surface area (Å²) in [7, 11) is 2.97. The van der Waals surface area contributed by atoms with Gasteiger partial charge in [-0.15, -0.1) is 11.3 Å². The third kappa shape index (κ3) is 6.26. The number of anilines is 1. The lowest BCUT2D eigenvalue weighted by Gasteiger charge is -2.12. The molecule has 7 nitrogen and oxygen atoms in total. The number of thiophene rings is 1. The number of esters is 1. The fraction of sp³-hybridized carbons (Fsp3) is 0.278. The summed E-state index contributed by atoms with van der Waals surface area (Å²) >= 11 is 6.92.